The van der Waals surface area contributed by atoms with E-state index in [0.717, 1.165) is 5.56 Å². The second-order valence-corrected chi connectivity index (χ2v) is 6.37. The fraction of sp³-hybridized carbons (Fsp3) is 0.278. The van der Waals surface area contributed by atoms with Gasteiger partial charge in [0.15, 0.2) is 0 Å². The molecule has 0 bridgehead atoms. The molecule has 7 heteroatoms. The van der Waals surface area contributed by atoms with Crippen LogP contribution >= 0.6 is 11.6 Å². The number of hydrogen-bond acceptors (Lipinski definition) is 4. The SMILES string of the molecule is Cc1ccccc1C(=O)N1CCN(c2c(Cl)cccc2[N+](=O)[O-])CC1. The first-order valence-corrected chi connectivity index (χ1v) is 8.39. The molecule has 2 aromatic carbocycles. The van der Waals surface area contributed by atoms with Crippen LogP contribution in [0.2, 0.25) is 5.02 Å². The van der Waals surface area contributed by atoms with Crippen molar-refractivity contribution >= 4 is 28.9 Å². The average molecular weight is 360 g/mol. The first kappa shape index (κ1) is 17.2. The number of para-hydroxylation sites is 1. The molecule has 0 atom stereocenters. The number of benzene rings is 2. The Morgan fingerprint density at radius 1 is 1.08 bits per heavy atom. The standard InChI is InChI=1S/C18H18ClN3O3/c1-13-5-2-3-6-14(13)18(23)21-11-9-20(10-12-21)17-15(19)7-4-8-16(17)22(24)25/h2-8H,9-12H2,1H3. The van der Waals surface area contributed by atoms with E-state index in [2.05, 4.69) is 0 Å². The third kappa shape index (κ3) is 3.44. The number of halogens is 1. The Kier molecular flexibility index (Phi) is 4.90. The van der Waals surface area contributed by atoms with E-state index in [9.17, 15) is 14.9 Å². The number of carbonyl (C=O) groups excluding carboxylic acids is 1. The predicted octanol–water partition coefficient (Wildman–Crippen LogP) is 3.52. The maximum atomic E-state index is 12.7. The molecular formula is C18H18ClN3O3. The van der Waals surface area contributed by atoms with Gasteiger partial charge < -0.3 is 9.80 Å². The molecule has 0 radical (unpaired) electrons. The van der Waals surface area contributed by atoms with Crippen LogP contribution < -0.4 is 4.90 Å². The van der Waals surface area contributed by atoms with Gasteiger partial charge in [-0.05, 0) is 24.6 Å². The summed E-state index contributed by atoms with van der Waals surface area (Å²) in [7, 11) is 0. The summed E-state index contributed by atoms with van der Waals surface area (Å²) < 4.78 is 0. The maximum absolute atomic E-state index is 12.7. The van der Waals surface area contributed by atoms with Gasteiger partial charge in [0.2, 0.25) is 0 Å². The van der Waals surface area contributed by atoms with Gasteiger partial charge in [-0.3, -0.25) is 14.9 Å². The van der Waals surface area contributed by atoms with E-state index >= 15 is 0 Å². The van der Waals surface area contributed by atoms with Crippen LogP contribution in [-0.2, 0) is 0 Å². The van der Waals surface area contributed by atoms with Gasteiger partial charge in [-0.2, -0.15) is 0 Å². The van der Waals surface area contributed by atoms with E-state index in [1.54, 1.807) is 17.0 Å². The molecule has 1 fully saturated rings. The molecule has 0 aliphatic carbocycles. The molecule has 1 aliphatic heterocycles. The summed E-state index contributed by atoms with van der Waals surface area (Å²) >= 11 is 6.20. The molecule has 0 saturated carbocycles. The van der Waals surface area contributed by atoms with Crippen LogP contribution in [0.5, 0.6) is 0 Å². The molecule has 1 heterocycles. The van der Waals surface area contributed by atoms with Crippen molar-refractivity contribution in [3.05, 3.63) is 68.7 Å². The average Bonchev–Trinajstić information content (AvgIpc) is 2.61. The number of nitro benzene ring substituents is 1. The summed E-state index contributed by atoms with van der Waals surface area (Å²) in [6.45, 7) is 3.91. The zero-order chi connectivity index (χ0) is 18.0. The van der Waals surface area contributed by atoms with E-state index in [1.165, 1.54) is 6.07 Å². The summed E-state index contributed by atoms with van der Waals surface area (Å²) in [4.78, 5) is 27.2. The fourth-order valence-corrected chi connectivity index (χ4v) is 3.37. The molecule has 0 aromatic heterocycles. The number of nitrogens with zero attached hydrogens (tertiary/aromatic N) is 3. The molecule has 0 unspecified atom stereocenters. The topological polar surface area (TPSA) is 66.7 Å². The summed E-state index contributed by atoms with van der Waals surface area (Å²) in [6.07, 6.45) is 0. The zero-order valence-electron chi connectivity index (χ0n) is 13.8. The van der Waals surface area contributed by atoms with Crippen molar-refractivity contribution in [3.8, 4) is 0 Å². The second-order valence-electron chi connectivity index (χ2n) is 5.96. The predicted molar refractivity (Wildman–Crippen MR) is 97.4 cm³/mol. The van der Waals surface area contributed by atoms with Gasteiger partial charge in [-0.1, -0.05) is 35.9 Å². The molecule has 0 N–H and O–H groups in total. The van der Waals surface area contributed by atoms with Crippen LogP contribution in [0, 0.1) is 17.0 Å². The van der Waals surface area contributed by atoms with E-state index in [4.69, 9.17) is 11.6 Å². The number of nitro groups is 1. The van der Waals surface area contributed by atoms with E-state index in [0.29, 0.717) is 42.5 Å². The minimum Gasteiger partial charge on any atom is -0.361 e. The first-order chi connectivity index (χ1) is 12.0. The molecule has 130 valence electrons. The molecule has 6 nitrogen and oxygen atoms in total. The first-order valence-electron chi connectivity index (χ1n) is 8.02. The third-order valence-electron chi connectivity index (χ3n) is 4.42. The Bertz CT molecular complexity index is 817. The second kappa shape index (κ2) is 7.11. The Morgan fingerprint density at radius 3 is 2.40 bits per heavy atom. The highest BCUT2D eigenvalue weighted by Gasteiger charge is 2.28. The molecular weight excluding hydrogens is 342 g/mol. The third-order valence-corrected chi connectivity index (χ3v) is 4.73. The maximum Gasteiger partial charge on any atom is 0.294 e. The number of amides is 1. The number of carbonyl (C=O) groups is 1. The van der Waals surface area contributed by atoms with Crippen molar-refractivity contribution in [2.45, 2.75) is 6.92 Å². The minimum atomic E-state index is -0.425. The molecule has 25 heavy (non-hydrogen) atoms. The van der Waals surface area contributed by atoms with Crippen molar-refractivity contribution in [2.75, 3.05) is 31.1 Å². The number of aryl methyl sites for hydroxylation is 1. The van der Waals surface area contributed by atoms with Gasteiger partial charge in [-0.15, -0.1) is 0 Å². The van der Waals surface area contributed by atoms with Crippen LogP contribution in [0.15, 0.2) is 42.5 Å². The quantitative estimate of drug-likeness (QED) is 0.621. The number of hydrogen-bond donors (Lipinski definition) is 0. The van der Waals surface area contributed by atoms with Crippen LogP contribution in [0.1, 0.15) is 15.9 Å². The molecule has 1 amide bonds. The van der Waals surface area contributed by atoms with Crippen molar-refractivity contribution in [3.63, 3.8) is 0 Å². The summed E-state index contributed by atoms with van der Waals surface area (Å²) in [5, 5.41) is 11.6. The number of rotatable bonds is 3. The Labute approximate surface area is 150 Å². The van der Waals surface area contributed by atoms with Gasteiger partial charge in [-0.25, -0.2) is 0 Å². The van der Waals surface area contributed by atoms with Crippen LogP contribution in [0.25, 0.3) is 0 Å². The molecule has 0 spiro atoms. The lowest BCUT2D eigenvalue weighted by Gasteiger charge is -2.36. The van der Waals surface area contributed by atoms with Crippen molar-refractivity contribution in [1.82, 2.24) is 4.90 Å². The fourth-order valence-electron chi connectivity index (χ4n) is 3.08. The molecule has 3 rings (SSSR count). The molecule has 1 saturated heterocycles. The lowest BCUT2D eigenvalue weighted by molar-refractivity contribution is -0.384. The lowest BCUT2D eigenvalue weighted by atomic mass is 10.1. The lowest BCUT2D eigenvalue weighted by Crippen LogP contribution is -2.49. The highest BCUT2D eigenvalue weighted by Crippen LogP contribution is 2.35. The number of anilines is 1. The highest BCUT2D eigenvalue weighted by atomic mass is 35.5. The minimum absolute atomic E-state index is 0.00796. The van der Waals surface area contributed by atoms with E-state index < -0.39 is 4.92 Å². The van der Waals surface area contributed by atoms with Gasteiger partial charge in [0.1, 0.15) is 5.69 Å². The van der Waals surface area contributed by atoms with E-state index in [-0.39, 0.29) is 11.6 Å². The van der Waals surface area contributed by atoms with Gasteiger partial charge in [0, 0.05) is 37.8 Å². The molecule has 2 aromatic rings. The zero-order valence-corrected chi connectivity index (χ0v) is 14.6. The van der Waals surface area contributed by atoms with Crippen LogP contribution in [-0.4, -0.2) is 41.9 Å². The summed E-state index contributed by atoms with van der Waals surface area (Å²) in [5.74, 6) is -0.00796. The Hall–Kier alpha value is -2.60. The largest absolute Gasteiger partial charge is 0.361 e. The van der Waals surface area contributed by atoms with Crippen molar-refractivity contribution < 1.29 is 9.72 Å². The van der Waals surface area contributed by atoms with Crippen molar-refractivity contribution in [1.29, 1.82) is 0 Å². The molecule has 1 aliphatic rings. The van der Waals surface area contributed by atoms with Gasteiger partial charge in [0.25, 0.3) is 11.6 Å². The summed E-state index contributed by atoms with van der Waals surface area (Å²) in [6, 6.07) is 12.2. The Balaban J connectivity index is 1.76. The Morgan fingerprint density at radius 2 is 1.76 bits per heavy atom. The normalized spacial score (nSPS) is 14.5. The summed E-state index contributed by atoms with van der Waals surface area (Å²) in [5.41, 5.74) is 2.06. The highest BCUT2D eigenvalue weighted by molar-refractivity contribution is 6.33. The number of piperazine rings is 1. The van der Waals surface area contributed by atoms with Crippen molar-refractivity contribution in [2.24, 2.45) is 0 Å². The van der Waals surface area contributed by atoms with Gasteiger partial charge >= 0.3 is 0 Å². The van der Waals surface area contributed by atoms with Crippen LogP contribution in [0.4, 0.5) is 11.4 Å². The van der Waals surface area contributed by atoms with Gasteiger partial charge in [0.05, 0.1) is 9.95 Å². The smallest absolute Gasteiger partial charge is 0.294 e. The van der Waals surface area contributed by atoms with Crippen LogP contribution in [0.3, 0.4) is 0 Å². The van der Waals surface area contributed by atoms with E-state index in [1.807, 2.05) is 36.1 Å². The monoisotopic (exact) mass is 359 g/mol.